The number of likely N-dealkylation sites (tertiary alicyclic amines) is 1. The van der Waals surface area contributed by atoms with Crippen molar-refractivity contribution >= 4 is 5.91 Å². The molecule has 1 aromatic carbocycles. The zero-order valence-electron chi connectivity index (χ0n) is 13.8. The first-order valence-corrected chi connectivity index (χ1v) is 8.47. The molecule has 26 heavy (non-hydrogen) atoms. The van der Waals surface area contributed by atoms with E-state index in [1.807, 2.05) is 0 Å². The number of amides is 1. The van der Waals surface area contributed by atoms with E-state index in [0.29, 0.717) is 43.4 Å². The predicted molar refractivity (Wildman–Crippen MR) is 84.8 cm³/mol. The molecule has 9 heteroatoms. The number of aromatic nitrogens is 3. The molecule has 5 rings (SSSR count). The van der Waals surface area contributed by atoms with E-state index in [1.54, 1.807) is 18.2 Å². The van der Waals surface area contributed by atoms with Crippen LogP contribution in [0.25, 0.3) is 5.69 Å². The van der Waals surface area contributed by atoms with Gasteiger partial charge in [0, 0.05) is 19.2 Å². The van der Waals surface area contributed by atoms with Gasteiger partial charge in [0.1, 0.15) is 13.2 Å². The normalized spacial score (nSPS) is 26.1. The molecule has 0 spiro atoms. The largest absolute Gasteiger partial charge is 0.486 e. The van der Waals surface area contributed by atoms with Gasteiger partial charge in [-0.2, -0.15) is 0 Å². The highest BCUT2D eigenvalue weighted by molar-refractivity contribution is 5.92. The van der Waals surface area contributed by atoms with Crippen LogP contribution in [0.3, 0.4) is 0 Å². The Bertz CT molecular complexity index is 887. The van der Waals surface area contributed by atoms with Crippen molar-refractivity contribution in [2.24, 2.45) is 11.3 Å². The molecular weight excluding hydrogens is 346 g/mol. The Morgan fingerprint density at radius 2 is 2.08 bits per heavy atom. The second-order valence-corrected chi connectivity index (χ2v) is 7.00. The standard InChI is InChI=1S/C17H16F2N4O3/c18-16(19)17-6-10(17)7-22(9-17)15(24)12-8-23(21-20-12)11-1-2-13-14(5-11)26-4-3-25-13/h1-2,5,8,10,16H,3-4,6-7,9H2/t10-,17-/m0/s1. The SMILES string of the molecule is O=C(c1cn(-c2ccc3c(c2)OCCO3)nn1)N1C[C@@H]2C[C@]2(C(F)F)C1. The van der Waals surface area contributed by atoms with Crippen LogP contribution in [0.1, 0.15) is 16.9 Å². The monoisotopic (exact) mass is 362 g/mol. The summed E-state index contributed by atoms with van der Waals surface area (Å²) in [6.07, 6.45) is -0.385. The highest BCUT2D eigenvalue weighted by Gasteiger charge is 2.66. The number of fused-ring (bicyclic) bond motifs is 2. The Hall–Kier alpha value is -2.71. The molecule has 1 saturated heterocycles. The molecule has 136 valence electrons. The molecule has 1 aliphatic carbocycles. The number of alkyl halides is 2. The van der Waals surface area contributed by atoms with E-state index in [0.717, 1.165) is 0 Å². The third kappa shape index (κ3) is 2.26. The van der Waals surface area contributed by atoms with Gasteiger partial charge < -0.3 is 14.4 Å². The molecule has 0 N–H and O–H groups in total. The summed E-state index contributed by atoms with van der Waals surface area (Å²) in [7, 11) is 0. The van der Waals surface area contributed by atoms with Crippen LogP contribution in [-0.4, -0.2) is 58.5 Å². The van der Waals surface area contributed by atoms with Gasteiger partial charge in [-0.15, -0.1) is 5.10 Å². The Kier molecular flexibility index (Phi) is 3.22. The van der Waals surface area contributed by atoms with Crippen molar-refractivity contribution in [3.05, 3.63) is 30.1 Å². The van der Waals surface area contributed by atoms with Crippen LogP contribution in [-0.2, 0) is 0 Å². The number of hydrogen-bond donors (Lipinski definition) is 0. The van der Waals surface area contributed by atoms with Gasteiger partial charge in [-0.05, 0) is 24.5 Å². The number of hydrogen-bond acceptors (Lipinski definition) is 5. The Balaban J connectivity index is 1.35. The molecule has 1 aromatic heterocycles. The molecule has 3 aliphatic rings. The highest BCUT2D eigenvalue weighted by atomic mass is 19.3. The van der Waals surface area contributed by atoms with Crippen LogP contribution < -0.4 is 9.47 Å². The van der Waals surface area contributed by atoms with Crippen LogP contribution in [0, 0.1) is 11.3 Å². The first-order chi connectivity index (χ1) is 12.6. The van der Waals surface area contributed by atoms with Crippen molar-refractivity contribution in [3.63, 3.8) is 0 Å². The van der Waals surface area contributed by atoms with Crippen molar-refractivity contribution < 1.29 is 23.0 Å². The number of piperidine rings is 1. The number of nitrogens with zero attached hydrogens (tertiary/aromatic N) is 4. The summed E-state index contributed by atoms with van der Waals surface area (Å²) in [5.41, 5.74) is -0.179. The van der Waals surface area contributed by atoms with Gasteiger partial charge in [0.25, 0.3) is 5.91 Å². The average Bonchev–Trinajstić information content (AvgIpc) is 3.02. The Labute approximate surface area is 147 Å². The smallest absolute Gasteiger partial charge is 0.276 e. The van der Waals surface area contributed by atoms with Crippen molar-refractivity contribution in [1.29, 1.82) is 0 Å². The quantitative estimate of drug-likeness (QED) is 0.832. The van der Waals surface area contributed by atoms with E-state index in [1.165, 1.54) is 15.8 Å². The summed E-state index contributed by atoms with van der Waals surface area (Å²) >= 11 is 0. The van der Waals surface area contributed by atoms with Crippen LogP contribution in [0.4, 0.5) is 8.78 Å². The second-order valence-electron chi connectivity index (χ2n) is 7.00. The second kappa shape index (κ2) is 5.39. The molecule has 1 saturated carbocycles. The molecule has 2 aromatic rings. The molecular formula is C17H16F2N4O3. The molecule has 1 amide bonds. The van der Waals surface area contributed by atoms with Crippen LogP contribution in [0.2, 0.25) is 0 Å². The number of carbonyl (C=O) groups is 1. The van der Waals surface area contributed by atoms with Crippen molar-refractivity contribution in [2.45, 2.75) is 12.8 Å². The van der Waals surface area contributed by atoms with Gasteiger partial charge in [-0.1, -0.05) is 5.21 Å². The Morgan fingerprint density at radius 3 is 2.85 bits per heavy atom. The van der Waals surface area contributed by atoms with E-state index in [-0.39, 0.29) is 24.1 Å². The fourth-order valence-corrected chi connectivity index (χ4v) is 3.84. The van der Waals surface area contributed by atoms with Crippen LogP contribution in [0.15, 0.2) is 24.4 Å². The van der Waals surface area contributed by atoms with E-state index in [2.05, 4.69) is 10.3 Å². The molecule has 0 unspecified atom stereocenters. The zero-order valence-corrected chi connectivity index (χ0v) is 13.8. The first kappa shape index (κ1) is 15.5. The van der Waals surface area contributed by atoms with Gasteiger partial charge in [0.05, 0.1) is 17.3 Å². The molecule has 3 heterocycles. The lowest BCUT2D eigenvalue weighted by Crippen LogP contribution is -2.33. The lowest BCUT2D eigenvalue weighted by atomic mass is 10.1. The summed E-state index contributed by atoms with van der Waals surface area (Å²) in [6, 6.07) is 5.31. The summed E-state index contributed by atoms with van der Waals surface area (Å²) < 4.78 is 38.8. The number of benzene rings is 1. The lowest BCUT2D eigenvalue weighted by Gasteiger charge is -2.19. The summed E-state index contributed by atoms with van der Waals surface area (Å²) in [4.78, 5) is 14.0. The predicted octanol–water partition coefficient (Wildman–Crippen LogP) is 1.77. The minimum Gasteiger partial charge on any atom is -0.486 e. The molecule has 2 fully saturated rings. The van der Waals surface area contributed by atoms with E-state index >= 15 is 0 Å². The fraction of sp³-hybridized carbons (Fsp3) is 0.471. The highest BCUT2D eigenvalue weighted by Crippen LogP contribution is 2.61. The van der Waals surface area contributed by atoms with Crippen molar-refractivity contribution in [1.82, 2.24) is 19.9 Å². The van der Waals surface area contributed by atoms with Gasteiger partial charge >= 0.3 is 0 Å². The van der Waals surface area contributed by atoms with Crippen molar-refractivity contribution in [3.8, 4) is 17.2 Å². The number of ether oxygens (including phenoxy) is 2. The van der Waals surface area contributed by atoms with Gasteiger partial charge in [-0.25, -0.2) is 13.5 Å². The van der Waals surface area contributed by atoms with Gasteiger partial charge in [-0.3, -0.25) is 4.79 Å². The lowest BCUT2D eigenvalue weighted by molar-refractivity contribution is 0.0485. The zero-order chi connectivity index (χ0) is 17.9. The third-order valence-electron chi connectivity index (χ3n) is 5.43. The maximum atomic E-state index is 13.2. The van der Waals surface area contributed by atoms with Gasteiger partial charge in [0.15, 0.2) is 17.2 Å². The van der Waals surface area contributed by atoms with E-state index < -0.39 is 11.8 Å². The Morgan fingerprint density at radius 1 is 1.27 bits per heavy atom. The van der Waals surface area contributed by atoms with E-state index in [9.17, 15) is 13.6 Å². The topological polar surface area (TPSA) is 69.5 Å². The van der Waals surface area contributed by atoms with Crippen molar-refractivity contribution in [2.75, 3.05) is 26.3 Å². The number of rotatable bonds is 3. The maximum Gasteiger partial charge on any atom is 0.276 e. The number of carbonyl (C=O) groups excluding carboxylic acids is 1. The van der Waals surface area contributed by atoms with Crippen LogP contribution in [0.5, 0.6) is 11.5 Å². The third-order valence-corrected chi connectivity index (χ3v) is 5.43. The average molecular weight is 362 g/mol. The van der Waals surface area contributed by atoms with Gasteiger partial charge in [0.2, 0.25) is 6.43 Å². The molecule has 0 bridgehead atoms. The van der Waals surface area contributed by atoms with E-state index in [4.69, 9.17) is 9.47 Å². The summed E-state index contributed by atoms with van der Waals surface area (Å²) in [6.45, 7) is 1.43. The first-order valence-electron chi connectivity index (χ1n) is 8.47. The number of halogens is 2. The molecule has 0 radical (unpaired) electrons. The summed E-state index contributed by atoms with van der Waals surface area (Å²) in [5, 5.41) is 7.90. The minimum atomic E-state index is -2.39. The summed E-state index contributed by atoms with van der Waals surface area (Å²) in [5.74, 6) is 0.806. The maximum absolute atomic E-state index is 13.2. The minimum absolute atomic E-state index is 0.0883. The molecule has 2 atom stereocenters. The molecule has 7 nitrogen and oxygen atoms in total. The van der Waals surface area contributed by atoms with Crippen LogP contribution >= 0.6 is 0 Å². The molecule has 2 aliphatic heterocycles. The fourth-order valence-electron chi connectivity index (χ4n) is 3.84.